The molecule has 140 valence electrons. The lowest BCUT2D eigenvalue weighted by Gasteiger charge is -2.57. The minimum Gasteiger partial charge on any atom is -0.293 e. The van der Waals surface area contributed by atoms with Crippen LogP contribution in [0.2, 0.25) is 0 Å². The second-order valence-corrected chi connectivity index (χ2v) is 10.4. The molecule has 0 aromatic heterocycles. The Kier molecular flexibility index (Phi) is 4.76. The number of carbonyl (C=O) groups excluding carboxylic acids is 1. The van der Waals surface area contributed by atoms with E-state index < -0.39 is 9.84 Å². The first-order valence-corrected chi connectivity index (χ1v) is 10.8. The molecule has 1 aromatic rings. The third kappa shape index (κ3) is 2.88. The van der Waals surface area contributed by atoms with Gasteiger partial charge in [0.05, 0.1) is 4.90 Å². The molecule has 0 saturated heterocycles. The smallest absolute Gasteiger partial charge is 0.210 e. The number of Topliss-reactive ketones (excluding diaryl/α,β-unsaturated/α-hetero) is 1. The van der Waals surface area contributed by atoms with Crippen molar-refractivity contribution < 1.29 is 13.2 Å². The highest BCUT2D eigenvalue weighted by atomic mass is 32.2. The minimum atomic E-state index is -3.79. The lowest BCUT2D eigenvalue weighted by molar-refractivity contribution is -0.135. The third-order valence-corrected chi connectivity index (χ3v) is 8.05. The van der Waals surface area contributed by atoms with E-state index in [9.17, 15) is 13.2 Å². The standard InChI is InChI=1S/C22H28O3S/c1-14(2)11-12-15(3)19-17-13-18(22(17,4)5)20(23)21(19)26(24,25)16-9-7-6-8-10-16/h6-11,15,17-18H,12-13H2,1-5H3/t15-,17-,18+/m1/s1. The molecular weight excluding hydrogens is 344 g/mol. The second kappa shape index (κ2) is 6.49. The average molecular weight is 373 g/mol. The lowest BCUT2D eigenvalue weighted by Crippen LogP contribution is -2.55. The molecule has 1 fully saturated rings. The van der Waals surface area contributed by atoms with E-state index in [0.29, 0.717) is 0 Å². The Bertz CT molecular complexity index is 885. The van der Waals surface area contributed by atoms with Gasteiger partial charge in [-0.2, -0.15) is 0 Å². The topological polar surface area (TPSA) is 51.2 Å². The number of hydrogen-bond acceptors (Lipinski definition) is 3. The zero-order valence-electron chi connectivity index (χ0n) is 16.2. The van der Waals surface area contributed by atoms with Gasteiger partial charge in [-0.1, -0.05) is 50.6 Å². The molecule has 0 amide bonds. The van der Waals surface area contributed by atoms with Gasteiger partial charge in [0.1, 0.15) is 4.91 Å². The number of allylic oxidation sites excluding steroid dienone is 4. The molecule has 1 aromatic carbocycles. The number of rotatable bonds is 5. The number of fused-ring (bicyclic) bond motifs is 1. The van der Waals surface area contributed by atoms with Crippen LogP contribution in [0, 0.1) is 23.2 Å². The SMILES string of the molecule is CC(C)=CC[C@@H](C)C1=C(S(=O)(=O)c2ccccc2)C(=O)[C@@H]2C[C@H]1C2(C)C. The van der Waals surface area contributed by atoms with Gasteiger partial charge in [-0.25, -0.2) is 8.42 Å². The fourth-order valence-electron chi connectivity index (χ4n) is 4.47. The van der Waals surface area contributed by atoms with Crippen LogP contribution in [-0.4, -0.2) is 14.2 Å². The Morgan fingerprint density at radius 2 is 1.81 bits per heavy atom. The molecule has 0 N–H and O–H groups in total. The molecule has 0 unspecified atom stereocenters. The predicted octanol–water partition coefficient (Wildman–Crippen LogP) is 4.95. The molecule has 0 aliphatic heterocycles. The van der Waals surface area contributed by atoms with E-state index in [0.717, 1.165) is 18.4 Å². The summed E-state index contributed by atoms with van der Waals surface area (Å²) in [6.45, 7) is 10.3. The molecule has 3 aliphatic rings. The molecule has 3 nitrogen and oxygen atoms in total. The van der Waals surface area contributed by atoms with Crippen LogP contribution in [0.5, 0.6) is 0 Å². The van der Waals surface area contributed by atoms with Gasteiger partial charge in [-0.05, 0) is 61.6 Å². The molecule has 3 atom stereocenters. The highest BCUT2D eigenvalue weighted by molar-refractivity contribution is 7.96. The van der Waals surface area contributed by atoms with E-state index >= 15 is 0 Å². The summed E-state index contributed by atoms with van der Waals surface area (Å²) in [7, 11) is -3.79. The van der Waals surface area contributed by atoms with E-state index in [1.807, 2.05) is 13.8 Å². The van der Waals surface area contributed by atoms with Gasteiger partial charge in [0.15, 0.2) is 5.78 Å². The van der Waals surface area contributed by atoms with E-state index in [-0.39, 0.29) is 38.8 Å². The normalized spacial score (nSPS) is 25.5. The molecule has 26 heavy (non-hydrogen) atoms. The van der Waals surface area contributed by atoms with E-state index in [1.165, 1.54) is 5.57 Å². The largest absolute Gasteiger partial charge is 0.293 e. The van der Waals surface area contributed by atoms with Gasteiger partial charge in [0.25, 0.3) is 0 Å². The van der Waals surface area contributed by atoms with Gasteiger partial charge in [-0.3, -0.25) is 4.79 Å². The van der Waals surface area contributed by atoms with Crippen molar-refractivity contribution in [3.63, 3.8) is 0 Å². The molecule has 1 saturated carbocycles. The van der Waals surface area contributed by atoms with Crippen LogP contribution in [0.1, 0.15) is 47.5 Å². The molecule has 0 radical (unpaired) electrons. The maximum Gasteiger partial charge on any atom is 0.210 e. The van der Waals surface area contributed by atoms with E-state index in [4.69, 9.17) is 0 Å². The molecule has 3 aliphatic carbocycles. The maximum atomic E-state index is 13.3. The summed E-state index contributed by atoms with van der Waals surface area (Å²) in [5.41, 5.74) is 1.91. The summed E-state index contributed by atoms with van der Waals surface area (Å²) in [4.78, 5) is 13.5. The van der Waals surface area contributed by atoms with Gasteiger partial charge < -0.3 is 0 Å². The maximum absolute atomic E-state index is 13.3. The molecule has 2 bridgehead atoms. The fraction of sp³-hybridized carbons (Fsp3) is 0.500. The van der Waals surface area contributed by atoms with Crippen LogP contribution in [0.15, 0.2) is 57.4 Å². The third-order valence-electron chi connectivity index (χ3n) is 6.18. The Morgan fingerprint density at radius 1 is 1.19 bits per heavy atom. The van der Waals surface area contributed by atoms with Crippen LogP contribution in [0.4, 0.5) is 0 Å². The number of hydrogen-bond donors (Lipinski definition) is 0. The highest BCUT2D eigenvalue weighted by Gasteiger charge is 2.60. The van der Waals surface area contributed by atoms with Crippen LogP contribution >= 0.6 is 0 Å². The summed E-state index contributed by atoms with van der Waals surface area (Å²) in [6.07, 6.45) is 3.68. The van der Waals surface area contributed by atoms with Crippen molar-refractivity contribution >= 4 is 15.6 Å². The highest BCUT2D eigenvalue weighted by Crippen LogP contribution is 2.62. The second-order valence-electron chi connectivity index (χ2n) is 8.55. The monoisotopic (exact) mass is 372 g/mol. The molecule has 4 rings (SSSR count). The van der Waals surface area contributed by atoms with E-state index in [2.05, 4.69) is 26.8 Å². The number of ketones is 1. The Hall–Kier alpha value is -1.68. The number of sulfone groups is 1. The van der Waals surface area contributed by atoms with Crippen molar-refractivity contribution in [1.82, 2.24) is 0 Å². The first-order valence-electron chi connectivity index (χ1n) is 9.30. The van der Waals surface area contributed by atoms with E-state index in [1.54, 1.807) is 30.3 Å². The van der Waals surface area contributed by atoms with Crippen molar-refractivity contribution in [1.29, 1.82) is 0 Å². The summed E-state index contributed by atoms with van der Waals surface area (Å²) in [6, 6.07) is 8.36. The molecule has 0 heterocycles. The molecule has 0 spiro atoms. The summed E-state index contributed by atoms with van der Waals surface area (Å²) >= 11 is 0. The average Bonchev–Trinajstić information content (AvgIpc) is 2.58. The van der Waals surface area contributed by atoms with Gasteiger partial charge in [0, 0.05) is 5.92 Å². The molecular formula is C22H28O3S. The summed E-state index contributed by atoms with van der Waals surface area (Å²) < 4.78 is 26.7. The number of carbonyl (C=O) groups is 1. The Labute approximate surface area is 157 Å². The zero-order chi connectivity index (χ0) is 19.3. The van der Waals surface area contributed by atoms with Gasteiger partial charge in [0.2, 0.25) is 9.84 Å². The molecule has 4 heteroatoms. The van der Waals surface area contributed by atoms with Crippen molar-refractivity contribution in [2.75, 3.05) is 0 Å². The lowest BCUT2D eigenvalue weighted by atomic mass is 9.47. The summed E-state index contributed by atoms with van der Waals surface area (Å²) in [5, 5.41) is 0. The van der Waals surface area contributed by atoms with Crippen molar-refractivity contribution in [2.45, 2.75) is 52.4 Å². The van der Waals surface area contributed by atoms with Gasteiger partial charge in [-0.15, -0.1) is 0 Å². The van der Waals surface area contributed by atoms with Crippen molar-refractivity contribution in [3.05, 3.63) is 52.5 Å². The first-order chi connectivity index (χ1) is 12.1. The quantitative estimate of drug-likeness (QED) is 0.687. The minimum absolute atomic E-state index is 0.0351. The summed E-state index contributed by atoms with van der Waals surface area (Å²) in [5.74, 6) is -0.159. The van der Waals surface area contributed by atoms with Crippen LogP contribution in [0.3, 0.4) is 0 Å². The van der Waals surface area contributed by atoms with Crippen molar-refractivity contribution in [2.24, 2.45) is 23.2 Å². The van der Waals surface area contributed by atoms with Gasteiger partial charge >= 0.3 is 0 Å². The van der Waals surface area contributed by atoms with Crippen LogP contribution < -0.4 is 0 Å². The fourth-order valence-corrected chi connectivity index (χ4v) is 6.28. The van der Waals surface area contributed by atoms with Crippen LogP contribution in [0.25, 0.3) is 0 Å². The predicted molar refractivity (Wildman–Crippen MR) is 104 cm³/mol. The zero-order valence-corrected chi connectivity index (χ0v) is 17.1. The first kappa shape index (κ1) is 19.1. The Balaban J connectivity index is 2.18. The van der Waals surface area contributed by atoms with Crippen molar-refractivity contribution in [3.8, 4) is 0 Å². The van der Waals surface area contributed by atoms with Crippen LogP contribution in [-0.2, 0) is 14.6 Å². The number of benzene rings is 1. The Morgan fingerprint density at radius 3 is 2.35 bits per heavy atom.